The Hall–Kier alpha value is -3.35. The number of carbonyl (C=O) groups excluding carboxylic acids is 1. The van der Waals surface area contributed by atoms with Crippen LogP contribution in [0.2, 0.25) is 0 Å². The van der Waals surface area contributed by atoms with Gasteiger partial charge in [-0.1, -0.05) is 24.3 Å². The summed E-state index contributed by atoms with van der Waals surface area (Å²) in [5.74, 6) is 1.83. The van der Waals surface area contributed by atoms with Crippen molar-refractivity contribution in [2.75, 3.05) is 38.7 Å². The molecule has 0 aromatic heterocycles. The molecule has 3 aromatic rings. The van der Waals surface area contributed by atoms with E-state index < -0.39 is 0 Å². The van der Waals surface area contributed by atoms with E-state index in [0.29, 0.717) is 28.5 Å². The summed E-state index contributed by atoms with van der Waals surface area (Å²) < 4.78 is 16.6. The number of rotatable bonds is 7. The molecule has 1 saturated heterocycles. The quantitative estimate of drug-likeness (QED) is 0.609. The summed E-state index contributed by atoms with van der Waals surface area (Å²) >= 11 is 0. The lowest BCUT2D eigenvalue weighted by Crippen LogP contribution is -2.35. The Morgan fingerprint density at radius 2 is 1.71 bits per heavy atom. The molecular formula is C25H26N2O4. The number of morpholine rings is 1. The van der Waals surface area contributed by atoms with Gasteiger partial charge in [-0.2, -0.15) is 0 Å². The first-order valence-electron chi connectivity index (χ1n) is 10.3. The Balaban J connectivity index is 1.38. The summed E-state index contributed by atoms with van der Waals surface area (Å²) in [5, 5.41) is 2.95. The topological polar surface area (TPSA) is 60.0 Å². The Morgan fingerprint density at radius 3 is 2.45 bits per heavy atom. The number of anilines is 1. The molecular weight excluding hydrogens is 392 g/mol. The highest BCUT2D eigenvalue weighted by atomic mass is 16.5. The molecule has 0 spiro atoms. The molecule has 1 heterocycles. The zero-order valence-electron chi connectivity index (χ0n) is 17.5. The Morgan fingerprint density at radius 1 is 0.968 bits per heavy atom. The molecule has 4 rings (SSSR count). The van der Waals surface area contributed by atoms with E-state index in [-0.39, 0.29) is 5.91 Å². The average molecular weight is 418 g/mol. The molecule has 1 fully saturated rings. The first-order chi connectivity index (χ1) is 15.2. The van der Waals surface area contributed by atoms with E-state index in [2.05, 4.69) is 16.3 Å². The van der Waals surface area contributed by atoms with Gasteiger partial charge in [-0.05, 0) is 54.1 Å². The van der Waals surface area contributed by atoms with Crippen molar-refractivity contribution in [3.8, 4) is 17.2 Å². The normalized spacial score (nSPS) is 14.1. The standard InChI is InChI=1S/C25H26N2O4/c1-29-23-7-2-3-8-24(23)31-22-11-9-21(10-12-22)26-25(28)20-6-4-5-19(17-20)18-27-13-15-30-16-14-27/h2-12,17H,13-16,18H2,1H3,(H,26,28). The predicted octanol–water partition coefficient (Wildman–Crippen LogP) is 4.57. The molecule has 31 heavy (non-hydrogen) atoms. The van der Waals surface area contributed by atoms with Crippen LogP contribution in [0.5, 0.6) is 17.2 Å². The van der Waals surface area contributed by atoms with Crippen LogP contribution in [-0.2, 0) is 11.3 Å². The van der Waals surface area contributed by atoms with E-state index in [4.69, 9.17) is 14.2 Å². The number of para-hydroxylation sites is 2. The van der Waals surface area contributed by atoms with Crippen molar-refractivity contribution in [3.63, 3.8) is 0 Å². The van der Waals surface area contributed by atoms with Gasteiger partial charge in [0.25, 0.3) is 5.91 Å². The lowest BCUT2D eigenvalue weighted by Gasteiger charge is -2.26. The van der Waals surface area contributed by atoms with E-state index in [1.54, 1.807) is 7.11 Å². The minimum atomic E-state index is -0.137. The van der Waals surface area contributed by atoms with Gasteiger partial charge < -0.3 is 19.5 Å². The summed E-state index contributed by atoms with van der Waals surface area (Å²) in [7, 11) is 1.61. The molecule has 0 radical (unpaired) electrons. The number of amides is 1. The molecule has 0 unspecified atom stereocenters. The minimum absolute atomic E-state index is 0.137. The van der Waals surface area contributed by atoms with Gasteiger partial charge in [-0.25, -0.2) is 0 Å². The van der Waals surface area contributed by atoms with Crippen LogP contribution in [0.4, 0.5) is 5.69 Å². The van der Waals surface area contributed by atoms with Crippen LogP contribution in [0, 0.1) is 0 Å². The Kier molecular flexibility index (Phi) is 6.82. The van der Waals surface area contributed by atoms with Crippen LogP contribution in [0.1, 0.15) is 15.9 Å². The van der Waals surface area contributed by atoms with Crippen molar-refractivity contribution in [3.05, 3.63) is 83.9 Å². The summed E-state index contributed by atoms with van der Waals surface area (Å²) in [4.78, 5) is 15.1. The Bertz CT molecular complexity index is 1010. The third kappa shape index (κ3) is 5.63. The van der Waals surface area contributed by atoms with Crippen LogP contribution in [0.15, 0.2) is 72.8 Å². The maximum Gasteiger partial charge on any atom is 0.255 e. The third-order valence-electron chi connectivity index (χ3n) is 5.11. The molecule has 1 amide bonds. The monoisotopic (exact) mass is 418 g/mol. The van der Waals surface area contributed by atoms with Crippen molar-refractivity contribution in [2.45, 2.75) is 6.54 Å². The fraction of sp³-hybridized carbons (Fsp3) is 0.240. The first-order valence-corrected chi connectivity index (χ1v) is 10.3. The molecule has 0 aliphatic carbocycles. The predicted molar refractivity (Wildman–Crippen MR) is 120 cm³/mol. The largest absolute Gasteiger partial charge is 0.493 e. The summed E-state index contributed by atoms with van der Waals surface area (Å²) in [6.45, 7) is 4.17. The van der Waals surface area contributed by atoms with Gasteiger partial charge in [0.2, 0.25) is 0 Å². The molecule has 3 aromatic carbocycles. The van der Waals surface area contributed by atoms with E-state index in [1.807, 2.05) is 66.7 Å². The van der Waals surface area contributed by atoms with E-state index >= 15 is 0 Å². The first kappa shape index (κ1) is 20.9. The number of hydrogen-bond acceptors (Lipinski definition) is 5. The molecule has 1 aliphatic heterocycles. The third-order valence-corrected chi connectivity index (χ3v) is 5.11. The fourth-order valence-electron chi connectivity index (χ4n) is 3.47. The van der Waals surface area contributed by atoms with Gasteiger partial charge in [0.05, 0.1) is 20.3 Å². The van der Waals surface area contributed by atoms with E-state index in [9.17, 15) is 4.79 Å². The molecule has 0 atom stereocenters. The highest BCUT2D eigenvalue weighted by Gasteiger charge is 2.13. The number of hydrogen-bond donors (Lipinski definition) is 1. The number of methoxy groups -OCH3 is 1. The molecule has 0 bridgehead atoms. The van der Waals surface area contributed by atoms with Gasteiger partial charge in [-0.3, -0.25) is 9.69 Å². The van der Waals surface area contributed by atoms with Crippen LogP contribution >= 0.6 is 0 Å². The smallest absolute Gasteiger partial charge is 0.255 e. The average Bonchev–Trinajstić information content (AvgIpc) is 2.81. The van der Waals surface area contributed by atoms with Gasteiger partial charge in [-0.15, -0.1) is 0 Å². The van der Waals surface area contributed by atoms with Crippen LogP contribution in [-0.4, -0.2) is 44.2 Å². The lowest BCUT2D eigenvalue weighted by atomic mass is 10.1. The van der Waals surface area contributed by atoms with Crippen molar-refractivity contribution >= 4 is 11.6 Å². The van der Waals surface area contributed by atoms with Crippen molar-refractivity contribution < 1.29 is 19.0 Å². The molecule has 160 valence electrons. The van der Waals surface area contributed by atoms with Gasteiger partial charge in [0.1, 0.15) is 5.75 Å². The number of carbonyl (C=O) groups is 1. The fourth-order valence-corrected chi connectivity index (χ4v) is 3.47. The molecule has 0 saturated carbocycles. The van der Waals surface area contributed by atoms with Crippen LogP contribution < -0.4 is 14.8 Å². The Labute approximate surface area is 182 Å². The lowest BCUT2D eigenvalue weighted by molar-refractivity contribution is 0.0342. The second-order valence-electron chi connectivity index (χ2n) is 7.32. The molecule has 1 aliphatic rings. The highest BCUT2D eigenvalue weighted by Crippen LogP contribution is 2.31. The zero-order valence-corrected chi connectivity index (χ0v) is 17.5. The second kappa shape index (κ2) is 10.1. The molecule has 1 N–H and O–H groups in total. The molecule has 6 nitrogen and oxygen atoms in total. The molecule has 6 heteroatoms. The van der Waals surface area contributed by atoms with Crippen molar-refractivity contribution in [2.24, 2.45) is 0 Å². The number of benzene rings is 3. The van der Waals surface area contributed by atoms with E-state index in [1.165, 1.54) is 0 Å². The summed E-state index contributed by atoms with van der Waals surface area (Å²) in [5.41, 5.74) is 2.46. The zero-order chi connectivity index (χ0) is 21.5. The van der Waals surface area contributed by atoms with Crippen molar-refractivity contribution in [1.29, 1.82) is 0 Å². The minimum Gasteiger partial charge on any atom is -0.493 e. The number of nitrogens with one attached hydrogen (secondary N) is 1. The summed E-state index contributed by atoms with van der Waals surface area (Å²) in [6.07, 6.45) is 0. The maximum atomic E-state index is 12.7. The second-order valence-corrected chi connectivity index (χ2v) is 7.32. The summed E-state index contributed by atoms with van der Waals surface area (Å²) in [6, 6.07) is 22.5. The van der Waals surface area contributed by atoms with E-state index in [0.717, 1.165) is 38.4 Å². The van der Waals surface area contributed by atoms with Gasteiger partial charge in [0.15, 0.2) is 11.5 Å². The number of nitrogens with zero attached hydrogens (tertiary/aromatic N) is 1. The maximum absolute atomic E-state index is 12.7. The highest BCUT2D eigenvalue weighted by molar-refractivity contribution is 6.04. The van der Waals surface area contributed by atoms with Crippen LogP contribution in [0.3, 0.4) is 0 Å². The van der Waals surface area contributed by atoms with Gasteiger partial charge >= 0.3 is 0 Å². The van der Waals surface area contributed by atoms with Gasteiger partial charge in [0, 0.05) is 30.9 Å². The van der Waals surface area contributed by atoms with Crippen molar-refractivity contribution in [1.82, 2.24) is 4.90 Å². The number of ether oxygens (including phenoxy) is 3. The SMILES string of the molecule is COc1ccccc1Oc1ccc(NC(=O)c2cccc(CN3CCOCC3)c2)cc1. The van der Waals surface area contributed by atoms with Crippen LogP contribution in [0.25, 0.3) is 0 Å².